The van der Waals surface area contributed by atoms with E-state index in [0.29, 0.717) is 0 Å². The second-order valence-corrected chi connectivity index (χ2v) is 4.57. The average molecular weight is 227 g/mol. The van der Waals surface area contributed by atoms with Crippen LogP contribution in [0.15, 0.2) is 18.3 Å². The van der Waals surface area contributed by atoms with Crippen molar-refractivity contribution in [3.8, 4) is 0 Å². The van der Waals surface area contributed by atoms with Crippen LogP contribution in [0, 0.1) is 0 Å². The molecular weight excluding hydrogens is 218 g/mol. The molecule has 0 saturated carbocycles. The molecule has 80 valence electrons. The van der Waals surface area contributed by atoms with E-state index in [4.69, 9.17) is 0 Å². The molecule has 6 nitrogen and oxygen atoms in total. The Morgan fingerprint density at radius 2 is 2.27 bits per heavy atom. The zero-order valence-electron chi connectivity index (χ0n) is 7.97. The summed E-state index contributed by atoms with van der Waals surface area (Å²) >= 11 is 0. The molecule has 1 N–H and O–H groups in total. The lowest BCUT2D eigenvalue weighted by Gasteiger charge is -2.26. The molecule has 0 fully saturated rings. The molecule has 1 aliphatic heterocycles. The van der Waals surface area contributed by atoms with E-state index in [0.717, 1.165) is 4.31 Å². The molecule has 2 heterocycles. The molecule has 1 amide bonds. The summed E-state index contributed by atoms with van der Waals surface area (Å²) < 4.78 is 26.1. The lowest BCUT2D eigenvalue weighted by molar-refractivity contribution is 0.0864. The summed E-state index contributed by atoms with van der Waals surface area (Å²) in [5.41, 5.74) is 0.272. The van der Waals surface area contributed by atoms with Crippen molar-refractivity contribution < 1.29 is 13.2 Å². The molecule has 7 heteroatoms. The van der Waals surface area contributed by atoms with Crippen molar-refractivity contribution in [2.45, 2.75) is 6.92 Å². The number of nitrogens with one attached hydrogen (secondary N) is 1. The monoisotopic (exact) mass is 227 g/mol. The first-order valence-corrected chi connectivity index (χ1v) is 5.80. The van der Waals surface area contributed by atoms with E-state index >= 15 is 0 Å². The Hall–Kier alpha value is -1.63. The van der Waals surface area contributed by atoms with Gasteiger partial charge >= 0.3 is 10.2 Å². The van der Waals surface area contributed by atoms with Gasteiger partial charge in [0.25, 0.3) is 5.91 Å². The average Bonchev–Trinajstić information content (AvgIpc) is 2.17. The summed E-state index contributed by atoms with van der Waals surface area (Å²) in [5, 5.41) is 0. The van der Waals surface area contributed by atoms with Crippen LogP contribution < -0.4 is 4.72 Å². The number of carbonyl (C=O) groups is 1. The molecule has 0 bridgehead atoms. The largest absolute Gasteiger partial charge is 0.327 e. The highest BCUT2D eigenvalue weighted by Gasteiger charge is 2.34. The smallest absolute Gasteiger partial charge is 0.268 e. The number of hydrogen-bond acceptors (Lipinski definition) is 4. The Labute approximate surface area is 87.1 Å². The number of pyridine rings is 1. The fourth-order valence-corrected chi connectivity index (χ4v) is 2.57. The lowest BCUT2D eigenvalue weighted by Crippen LogP contribution is -2.44. The summed E-state index contributed by atoms with van der Waals surface area (Å²) in [6.45, 7) is 1.70. The van der Waals surface area contributed by atoms with Crippen molar-refractivity contribution in [1.29, 1.82) is 0 Å². The van der Waals surface area contributed by atoms with Crippen LogP contribution in [0.2, 0.25) is 0 Å². The Morgan fingerprint density at radius 1 is 1.53 bits per heavy atom. The van der Waals surface area contributed by atoms with Crippen molar-refractivity contribution in [2.24, 2.45) is 0 Å². The van der Waals surface area contributed by atoms with Crippen molar-refractivity contribution in [1.82, 2.24) is 9.29 Å². The molecule has 0 radical (unpaired) electrons. The molecular formula is C8H9N3O3S. The first-order valence-electron chi connectivity index (χ1n) is 4.36. The van der Waals surface area contributed by atoms with Gasteiger partial charge in [0.05, 0.1) is 5.56 Å². The molecule has 1 aromatic heterocycles. The number of amides is 1. The molecule has 0 spiro atoms. The maximum Gasteiger partial charge on any atom is 0.327 e. The van der Waals surface area contributed by atoms with Crippen LogP contribution in [0.25, 0.3) is 0 Å². The highest BCUT2D eigenvalue weighted by molar-refractivity contribution is 7.91. The number of hydrogen-bond donors (Lipinski definition) is 1. The van der Waals surface area contributed by atoms with Gasteiger partial charge < -0.3 is 0 Å². The molecule has 0 unspecified atom stereocenters. The molecule has 0 aromatic carbocycles. The molecule has 0 saturated heterocycles. The Bertz CT molecular complexity index is 512. The highest BCUT2D eigenvalue weighted by Crippen LogP contribution is 2.23. The number of rotatable bonds is 1. The van der Waals surface area contributed by atoms with E-state index in [9.17, 15) is 13.2 Å². The normalized spacial score (nSPS) is 18.2. The van der Waals surface area contributed by atoms with Crippen LogP contribution in [-0.2, 0) is 10.2 Å². The maximum absolute atomic E-state index is 11.7. The summed E-state index contributed by atoms with van der Waals surface area (Å²) in [6.07, 6.45) is 1.43. The summed E-state index contributed by atoms with van der Waals surface area (Å²) in [7, 11) is -3.76. The van der Waals surface area contributed by atoms with Gasteiger partial charge in [0.2, 0.25) is 0 Å². The number of anilines is 1. The Balaban J connectivity index is 2.61. The van der Waals surface area contributed by atoms with Gasteiger partial charge in [-0.05, 0) is 19.1 Å². The Morgan fingerprint density at radius 3 is 2.93 bits per heavy atom. The van der Waals surface area contributed by atoms with Crippen molar-refractivity contribution in [3.63, 3.8) is 0 Å². The predicted molar refractivity (Wildman–Crippen MR) is 53.5 cm³/mol. The minimum Gasteiger partial charge on any atom is -0.268 e. The van der Waals surface area contributed by atoms with E-state index < -0.39 is 16.1 Å². The molecule has 1 aromatic rings. The van der Waals surface area contributed by atoms with Crippen LogP contribution in [-0.4, -0.2) is 30.2 Å². The summed E-state index contributed by atoms with van der Waals surface area (Å²) in [4.78, 5) is 15.5. The number of aromatic nitrogens is 1. The van der Waals surface area contributed by atoms with Gasteiger partial charge in [0.1, 0.15) is 0 Å². The van der Waals surface area contributed by atoms with Crippen LogP contribution >= 0.6 is 0 Å². The topological polar surface area (TPSA) is 79.4 Å². The molecule has 15 heavy (non-hydrogen) atoms. The SMILES string of the molecule is CCN1C(=O)c2cccnc2NS1(=O)=O. The van der Waals surface area contributed by atoms with Crippen molar-refractivity contribution in [3.05, 3.63) is 23.9 Å². The molecule has 0 atom stereocenters. The van der Waals surface area contributed by atoms with E-state index in [1.165, 1.54) is 12.3 Å². The van der Waals surface area contributed by atoms with Gasteiger partial charge in [-0.25, -0.2) is 14.0 Å². The minimum atomic E-state index is -3.76. The summed E-state index contributed by atoms with van der Waals surface area (Å²) in [5.74, 6) is -0.452. The van der Waals surface area contributed by atoms with Crippen LogP contribution in [0.4, 0.5) is 5.82 Å². The fraction of sp³-hybridized carbons (Fsp3) is 0.250. The minimum absolute atomic E-state index is 0.0900. The zero-order chi connectivity index (χ0) is 11.1. The second-order valence-electron chi connectivity index (χ2n) is 2.98. The van der Waals surface area contributed by atoms with Gasteiger partial charge in [-0.1, -0.05) is 0 Å². The van der Waals surface area contributed by atoms with Gasteiger partial charge in [-0.3, -0.25) is 4.79 Å². The second kappa shape index (κ2) is 3.20. The maximum atomic E-state index is 11.7. The van der Waals surface area contributed by atoms with Crippen molar-refractivity contribution >= 4 is 21.9 Å². The molecule has 0 aliphatic carbocycles. The quantitative estimate of drug-likeness (QED) is 0.744. The Kier molecular flexibility index (Phi) is 2.11. The third-order valence-corrected chi connectivity index (χ3v) is 3.52. The van der Waals surface area contributed by atoms with Gasteiger partial charge in [-0.15, -0.1) is 0 Å². The van der Waals surface area contributed by atoms with E-state index in [2.05, 4.69) is 9.71 Å². The lowest BCUT2D eigenvalue weighted by atomic mass is 10.2. The zero-order valence-corrected chi connectivity index (χ0v) is 8.78. The standard InChI is InChI=1S/C8H9N3O3S/c1-2-11-8(12)6-4-3-5-9-7(6)10-15(11,13)14/h3-5H,2H2,1H3,(H,9,10). The first-order chi connectivity index (χ1) is 7.06. The molecule has 2 rings (SSSR count). The number of nitrogens with zero attached hydrogens (tertiary/aromatic N) is 2. The van der Waals surface area contributed by atoms with Gasteiger partial charge in [0.15, 0.2) is 5.82 Å². The third-order valence-electron chi connectivity index (χ3n) is 2.07. The highest BCUT2D eigenvalue weighted by atomic mass is 32.2. The van der Waals surface area contributed by atoms with E-state index in [1.807, 2.05) is 0 Å². The van der Waals surface area contributed by atoms with Crippen molar-refractivity contribution in [2.75, 3.05) is 11.3 Å². The number of carbonyl (C=O) groups excluding carboxylic acids is 1. The first kappa shape index (κ1) is 9.91. The van der Waals surface area contributed by atoms with E-state index in [1.54, 1.807) is 13.0 Å². The van der Waals surface area contributed by atoms with Gasteiger partial charge in [0, 0.05) is 12.7 Å². The molecule has 1 aliphatic rings. The summed E-state index contributed by atoms with van der Waals surface area (Å²) in [6, 6.07) is 3.12. The fourth-order valence-electron chi connectivity index (χ4n) is 1.39. The van der Waals surface area contributed by atoms with Gasteiger partial charge in [-0.2, -0.15) is 8.42 Å². The van der Waals surface area contributed by atoms with E-state index in [-0.39, 0.29) is 17.9 Å². The van der Waals surface area contributed by atoms with Crippen LogP contribution in [0.5, 0.6) is 0 Å². The van der Waals surface area contributed by atoms with Crippen LogP contribution in [0.3, 0.4) is 0 Å². The third kappa shape index (κ3) is 1.44. The number of fused-ring (bicyclic) bond motifs is 1. The predicted octanol–water partition coefficient (Wildman–Crippen LogP) is 0.214. The van der Waals surface area contributed by atoms with Crippen LogP contribution in [0.1, 0.15) is 17.3 Å².